The normalized spacial score (nSPS) is 35.3. The molecular formula is C58H60O20Si10. The fourth-order valence-corrected chi connectivity index (χ4v) is 66.3. The van der Waals surface area contributed by atoms with Crippen molar-refractivity contribution < 1.29 is 86.3 Å². The average Bonchev–Trinajstić information content (AvgIpc) is 0.784. The standard InChI is InChI=1S/C58H60O20Si10/c1-80(42-24-26-46-44-55(59)63-57(46)61)65-79-66-82(48-28-10-3-11-29-48)71-85(51-34-16-6-17-35-51)69-81(2,43-25-27-47-45-56(60)64-58(47)62)70-86(52-36-18-7-19-37-52)77-87(73-82,53-38-20-8-21-39-53)75-84(68-80,50-32-14-5-15-33-50)76-88(78-86,54-40-22-9-23-41-54)74-83(67-79,72-85)49-30-12-4-13-31-49/h3-23,28-41,46-47,79H,24-27,42-45H2,1-2H3. The lowest BCUT2D eigenvalue weighted by Gasteiger charge is -2.59. The minimum atomic E-state index is -5.24. The predicted molar refractivity (Wildman–Crippen MR) is 335 cm³/mol. The summed E-state index contributed by atoms with van der Waals surface area (Å²) in [6.45, 7) is 3.81. The first-order chi connectivity index (χ1) is 42.6. The van der Waals surface area contributed by atoms with Gasteiger partial charge in [-0.3, -0.25) is 19.2 Å². The molecule has 0 aliphatic carbocycles. The van der Waals surface area contributed by atoms with E-state index < -0.39 is 124 Å². The third kappa shape index (κ3) is 11.4. The van der Waals surface area contributed by atoms with Crippen molar-refractivity contribution in [1.29, 1.82) is 0 Å². The zero-order valence-corrected chi connectivity index (χ0v) is 57.9. The molecule has 15 rings (SSSR count). The molecule has 0 aromatic heterocycles. The molecule has 8 bridgehead atoms. The van der Waals surface area contributed by atoms with Crippen molar-refractivity contribution in [2.75, 3.05) is 0 Å². The van der Waals surface area contributed by atoms with Gasteiger partial charge in [0.1, 0.15) is 0 Å². The number of fused-ring (bicyclic) bond motifs is 4. The largest absolute Gasteiger partial charge is 0.515 e. The summed E-state index contributed by atoms with van der Waals surface area (Å²) in [6, 6.07) is 65.6. The number of hydrogen-bond donors (Lipinski definition) is 0. The van der Waals surface area contributed by atoms with Crippen LogP contribution in [0.4, 0.5) is 0 Å². The molecular weight excluding hydrogens is 1300 g/mol. The molecule has 452 valence electrons. The molecule has 7 aromatic rings. The van der Waals surface area contributed by atoms with E-state index in [1.165, 1.54) is 0 Å². The maximum Gasteiger partial charge on any atom is 0.515 e. The van der Waals surface area contributed by atoms with Crippen LogP contribution in [0.2, 0.25) is 25.2 Å². The van der Waals surface area contributed by atoms with Crippen LogP contribution in [0.25, 0.3) is 0 Å². The number of carbonyl (C=O) groups is 4. The smallest absolute Gasteiger partial charge is 0.397 e. The van der Waals surface area contributed by atoms with Crippen LogP contribution in [0.1, 0.15) is 38.5 Å². The van der Waals surface area contributed by atoms with E-state index in [1.807, 2.05) is 225 Å². The SMILES string of the molecule is C[Si]1(CCCC2CC(=O)OC2=O)O[SiH]2O[Si]3(c4ccccc4)O[Si]4(c5ccccc5)O[Si](C)(CCCC5CC(=O)OC5=O)O[Si]5(c6ccccc6)O[Si](c6ccccc6)(O3)O[Si](c3ccccc3)(O1)O[Si](c1ccccc1)(O[Si](c1ccccc1)(O2)O4)O5. The Morgan fingerprint density at radius 2 is 0.557 bits per heavy atom. The Bertz CT molecular complexity index is 3560. The first-order valence-corrected chi connectivity index (χ1v) is 47.7. The van der Waals surface area contributed by atoms with Crippen molar-refractivity contribution in [2.45, 2.75) is 63.7 Å². The Morgan fingerprint density at radius 1 is 0.318 bits per heavy atom. The van der Waals surface area contributed by atoms with Crippen LogP contribution in [0, 0.1) is 11.8 Å². The van der Waals surface area contributed by atoms with Gasteiger partial charge in [0.05, 0.1) is 24.7 Å². The Balaban J connectivity index is 1.14. The second-order valence-electron chi connectivity index (χ2n) is 22.7. The average molecular weight is 1360 g/mol. The summed E-state index contributed by atoms with van der Waals surface area (Å²) < 4.78 is 125. The fraction of sp³-hybridized carbons (Fsp3) is 0.207. The minimum absolute atomic E-state index is 0.0650. The summed E-state index contributed by atoms with van der Waals surface area (Å²) in [6.07, 6.45) is 0.953. The molecule has 8 aliphatic heterocycles. The molecule has 8 fully saturated rings. The monoisotopic (exact) mass is 1360 g/mol. The summed E-state index contributed by atoms with van der Waals surface area (Å²) in [4.78, 5) is 51.6. The van der Waals surface area contributed by atoms with Crippen LogP contribution in [-0.4, -0.2) is 112 Å². The first-order valence-electron chi connectivity index (χ1n) is 29.2. The second kappa shape index (κ2) is 23.6. The Hall–Kier alpha value is -5.57. The highest BCUT2D eigenvalue weighted by molar-refractivity contribution is 7.11. The summed E-state index contributed by atoms with van der Waals surface area (Å²) in [7, 11) is -48.5. The van der Waals surface area contributed by atoms with Gasteiger partial charge in [0.2, 0.25) is 0 Å². The van der Waals surface area contributed by atoms with Crippen molar-refractivity contribution in [3.63, 3.8) is 0 Å². The molecule has 8 unspecified atom stereocenters. The van der Waals surface area contributed by atoms with Crippen molar-refractivity contribution in [3.8, 4) is 0 Å². The molecule has 7 aromatic carbocycles. The van der Waals surface area contributed by atoms with E-state index in [9.17, 15) is 19.2 Å². The van der Waals surface area contributed by atoms with Gasteiger partial charge >= 0.3 is 112 Å². The lowest BCUT2D eigenvalue weighted by molar-refractivity contribution is -0.155. The van der Waals surface area contributed by atoms with E-state index in [-0.39, 0.29) is 44.2 Å². The Kier molecular flexibility index (Phi) is 16.1. The minimum Gasteiger partial charge on any atom is -0.397 e. The van der Waals surface area contributed by atoms with Gasteiger partial charge in [-0.1, -0.05) is 225 Å². The number of hydrogen-bond acceptors (Lipinski definition) is 20. The highest BCUT2D eigenvalue weighted by Crippen LogP contribution is 2.47. The second-order valence-corrected chi connectivity index (χ2v) is 52.4. The molecule has 0 N–H and O–H groups in total. The summed E-state index contributed by atoms with van der Waals surface area (Å²) in [5.41, 5.74) is 0. The maximum atomic E-state index is 13.3. The zero-order valence-electron chi connectivity index (χ0n) is 47.8. The van der Waals surface area contributed by atoms with Crippen LogP contribution in [0.5, 0.6) is 0 Å². The predicted octanol–water partition coefficient (Wildman–Crippen LogP) is 3.81. The van der Waals surface area contributed by atoms with E-state index >= 15 is 0 Å². The molecule has 0 amide bonds. The fourth-order valence-electron chi connectivity index (χ4n) is 12.1. The molecule has 88 heavy (non-hydrogen) atoms. The molecule has 8 atom stereocenters. The summed E-state index contributed by atoms with van der Waals surface area (Å²) >= 11 is 0. The van der Waals surface area contributed by atoms with Gasteiger partial charge in [-0.05, 0) is 38.0 Å². The van der Waals surface area contributed by atoms with Gasteiger partial charge < -0.3 is 67.1 Å². The number of esters is 4. The number of rotatable bonds is 15. The number of carbonyl (C=O) groups excluding carboxylic acids is 4. The molecule has 0 saturated carbocycles. The molecule has 30 heteroatoms. The summed E-state index contributed by atoms with van der Waals surface area (Å²) in [5.74, 6) is -3.78. The van der Waals surface area contributed by atoms with Gasteiger partial charge in [-0.25, -0.2) is 0 Å². The van der Waals surface area contributed by atoms with E-state index in [0.717, 1.165) is 0 Å². The van der Waals surface area contributed by atoms with Crippen LogP contribution >= 0.6 is 0 Å². The lowest BCUT2D eigenvalue weighted by Crippen LogP contribution is -2.91. The number of ether oxygens (including phenoxy) is 2. The third-order valence-corrected chi connectivity index (χ3v) is 58.4. The molecule has 8 aliphatic rings. The highest BCUT2D eigenvalue weighted by Gasteiger charge is 2.81. The van der Waals surface area contributed by atoms with E-state index in [4.69, 9.17) is 67.1 Å². The third-order valence-electron chi connectivity index (χ3n) is 16.2. The van der Waals surface area contributed by atoms with Crippen molar-refractivity contribution in [2.24, 2.45) is 11.8 Å². The van der Waals surface area contributed by atoms with Crippen LogP contribution in [0.3, 0.4) is 0 Å². The molecule has 0 radical (unpaired) electrons. The highest BCUT2D eigenvalue weighted by atomic mass is 28.6. The zero-order chi connectivity index (χ0) is 60.3. The van der Waals surface area contributed by atoms with Crippen molar-refractivity contribution in [1.82, 2.24) is 0 Å². The van der Waals surface area contributed by atoms with Gasteiger partial charge in [0.15, 0.2) is 0 Å². The molecule has 0 spiro atoms. The molecule has 20 nitrogen and oxygen atoms in total. The Morgan fingerprint density at radius 3 is 0.830 bits per heavy atom. The maximum absolute atomic E-state index is 13.3. The van der Waals surface area contributed by atoms with E-state index in [0.29, 0.717) is 42.7 Å². The Labute approximate surface area is 519 Å². The molecule has 8 heterocycles. The molecule has 8 saturated heterocycles. The van der Waals surface area contributed by atoms with Crippen LogP contribution in [-0.2, 0) is 86.3 Å². The van der Waals surface area contributed by atoms with E-state index in [1.54, 1.807) is 0 Å². The van der Waals surface area contributed by atoms with Gasteiger partial charge in [0, 0.05) is 36.3 Å². The first kappa shape index (κ1) is 60.0. The topological polar surface area (TPSA) is 216 Å². The number of cyclic esters (lactones) is 4. The van der Waals surface area contributed by atoms with E-state index in [2.05, 4.69) is 0 Å². The van der Waals surface area contributed by atoms with Crippen molar-refractivity contribution >= 4 is 148 Å². The van der Waals surface area contributed by atoms with Crippen molar-refractivity contribution in [3.05, 3.63) is 212 Å². The van der Waals surface area contributed by atoms with Gasteiger partial charge in [0.25, 0.3) is 0 Å². The summed E-state index contributed by atoms with van der Waals surface area (Å²) in [5, 5.41) is 3.08. The van der Waals surface area contributed by atoms with Crippen LogP contribution in [0.15, 0.2) is 212 Å². The quantitative estimate of drug-likeness (QED) is 0.0810. The number of benzene rings is 7. The van der Waals surface area contributed by atoms with Crippen LogP contribution < -0.4 is 36.3 Å². The lowest BCUT2D eigenvalue weighted by atomic mass is 10.0. The van der Waals surface area contributed by atoms with Gasteiger partial charge in [-0.15, -0.1) is 0 Å². The van der Waals surface area contributed by atoms with Gasteiger partial charge in [-0.2, -0.15) is 0 Å².